The van der Waals surface area contributed by atoms with Gasteiger partial charge in [-0.25, -0.2) is 4.79 Å². The second kappa shape index (κ2) is 10.2. The molecule has 0 bridgehead atoms. The number of aliphatic carboxylic acids is 1. The third kappa shape index (κ3) is 9.45. The van der Waals surface area contributed by atoms with Crippen LogP contribution in [0.4, 0.5) is 0 Å². The molecule has 0 radical (unpaired) electrons. The summed E-state index contributed by atoms with van der Waals surface area (Å²) >= 11 is 0. The van der Waals surface area contributed by atoms with Gasteiger partial charge in [0.2, 0.25) is 0 Å². The maximum atomic E-state index is 11.3. The Morgan fingerprint density at radius 3 is 1.41 bits per heavy atom. The molecular weight excluding hydrogens is 288 g/mol. The summed E-state index contributed by atoms with van der Waals surface area (Å²) < 4.78 is 0. The zero-order valence-corrected chi connectivity index (χ0v) is 16.9. The summed E-state index contributed by atoms with van der Waals surface area (Å²) in [4.78, 5) is 11.3. The highest BCUT2D eigenvalue weighted by molar-refractivity contribution is 6.84. The van der Waals surface area contributed by atoms with E-state index in [0.29, 0.717) is 23.3 Å². The van der Waals surface area contributed by atoms with Crippen LogP contribution in [0.3, 0.4) is 0 Å². The molecule has 0 fully saturated rings. The van der Waals surface area contributed by atoms with Crippen LogP contribution in [0.1, 0.15) is 67.7 Å². The van der Waals surface area contributed by atoms with Crippen molar-refractivity contribution in [3.05, 3.63) is 11.3 Å². The maximum absolute atomic E-state index is 11.3. The van der Waals surface area contributed by atoms with Crippen molar-refractivity contribution < 1.29 is 9.90 Å². The number of carbonyl (C=O) groups is 1. The topological polar surface area (TPSA) is 37.3 Å². The molecule has 130 valence electrons. The monoisotopic (exact) mass is 326 g/mol. The summed E-state index contributed by atoms with van der Waals surface area (Å²) in [6.07, 6.45) is 3.68. The van der Waals surface area contributed by atoms with Gasteiger partial charge in [-0.3, -0.25) is 0 Å². The fraction of sp³-hybridized carbons (Fsp3) is 0.842. The summed E-state index contributed by atoms with van der Waals surface area (Å²) in [5.74, 6) is 1.35. The van der Waals surface area contributed by atoms with Crippen LogP contribution < -0.4 is 0 Å². The first kappa shape index (κ1) is 21.4. The molecule has 0 heterocycles. The molecule has 0 saturated heterocycles. The molecule has 0 aromatic heterocycles. The van der Waals surface area contributed by atoms with Gasteiger partial charge in [-0.1, -0.05) is 84.6 Å². The largest absolute Gasteiger partial charge is 0.478 e. The number of carboxylic acids is 1. The minimum Gasteiger partial charge on any atom is -0.478 e. The predicted octanol–water partition coefficient (Wildman–Crippen LogP) is 6.14. The van der Waals surface area contributed by atoms with Gasteiger partial charge in [0.15, 0.2) is 0 Å². The minimum absolute atomic E-state index is 0.572. The number of hydrogen-bond acceptors (Lipinski definition) is 1. The van der Waals surface area contributed by atoms with Gasteiger partial charge in [0.1, 0.15) is 0 Å². The Bertz CT molecular complexity index is 325. The van der Waals surface area contributed by atoms with Gasteiger partial charge in [0.25, 0.3) is 0 Å². The zero-order valence-electron chi connectivity index (χ0n) is 15.9. The first-order valence-corrected chi connectivity index (χ1v) is 11.7. The summed E-state index contributed by atoms with van der Waals surface area (Å²) in [6, 6.07) is 3.73. The molecule has 0 amide bonds. The fourth-order valence-corrected chi connectivity index (χ4v) is 8.52. The van der Waals surface area contributed by atoms with Crippen LogP contribution in [0.15, 0.2) is 11.3 Å². The van der Waals surface area contributed by atoms with E-state index in [2.05, 4.69) is 47.2 Å². The SMILES string of the molecule is CC(=C[Si](CCC(C)C)(CCC(C)C)CCC(C)C)C(=O)O. The number of rotatable bonds is 11. The van der Waals surface area contributed by atoms with E-state index in [9.17, 15) is 9.90 Å². The van der Waals surface area contributed by atoms with Crippen LogP contribution in [-0.2, 0) is 4.79 Å². The minimum atomic E-state index is -1.65. The zero-order chi connectivity index (χ0) is 17.3. The molecule has 0 unspecified atom stereocenters. The molecule has 0 atom stereocenters. The first-order chi connectivity index (χ1) is 10.1. The third-order valence-corrected chi connectivity index (χ3v) is 9.42. The Morgan fingerprint density at radius 1 is 0.864 bits per heavy atom. The smallest absolute Gasteiger partial charge is 0.330 e. The summed E-state index contributed by atoms with van der Waals surface area (Å²) in [5.41, 5.74) is 2.80. The van der Waals surface area contributed by atoms with Crippen LogP contribution in [0.2, 0.25) is 18.1 Å². The summed E-state index contributed by atoms with van der Waals surface area (Å²) in [5, 5.41) is 9.33. The predicted molar refractivity (Wildman–Crippen MR) is 99.9 cm³/mol. The lowest BCUT2D eigenvalue weighted by atomic mass is 10.2. The van der Waals surface area contributed by atoms with E-state index in [4.69, 9.17) is 0 Å². The molecule has 0 aromatic rings. The second-order valence-electron chi connectivity index (χ2n) is 8.29. The van der Waals surface area contributed by atoms with Gasteiger partial charge in [0, 0.05) is 5.57 Å². The maximum Gasteiger partial charge on any atom is 0.330 e. The van der Waals surface area contributed by atoms with Gasteiger partial charge in [-0.05, 0) is 24.7 Å². The van der Waals surface area contributed by atoms with E-state index in [-0.39, 0.29) is 0 Å². The molecule has 1 N–H and O–H groups in total. The highest BCUT2D eigenvalue weighted by Crippen LogP contribution is 2.33. The highest BCUT2D eigenvalue weighted by Gasteiger charge is 2.31. The molecular formula is C19H38O2Si. The molecule has 0 aliphatic carbocycles. The van der Waals surface area contributed by atoms with E-state index in [1.165, 1.54) is 37.4 Å². The summed E-state index contributed by atoms with van der Waals surface area (Å²) in [6.45, 7) is 15.4. The molecule has 2 nitrogen and oxygen atoms in total. The average molecular weight is 327 g/mol. The third-order valence-electron chi connectivity index (χ3n) is 4.52. The van der Waals surface area contributed by atoms with Gasteiger partial charge >= 0.3 is 5.97 Å². The van der Waals surface area contributed by atoms with Crippen molar-refractivity contribution in [3.63, 3.8) is 0 Å². The first-order valence-electron chi connectivity index (χ1n) is 9.00. The molecule has 0 rings (SSSR count). The lowest BCUT2D eigenvalue weighted by Gasteiger charge is -2.32. The molecule has 0 spiro atoms. The molecule has 0 saturated carbocycles. The van der Waals surface area contributed by atoms with Crippen molar-refractivity contribution in [2.45, 2.75) is 85.9 Å². The van der Waals surface area contributed by atoms with Gasteiger partial charge < -0.3 is 5.11 Å². The average Bonchev–Trinajstić information content (AvgIpc) is 2.39. The molecule has 0 aromatic carbocycles. The molecule has 3 heteroatoms. The van der Waals surface area contributed by atoms with Gasteiger partial charge in [0.05, 0.1) is 8.07 Å². The standard InChI is InChI=1S/C19H38O2Si/c1-15(2)8-11-22(12-9-16(3)4,13-10-17(5)6)14-18(7)19(20)21/h14-17H,8-13H2,1-7H3,(H,20,21). The van der Waals surface area contributed by atoms with Crippen molar-refractivity contribution in [2.24, 2.45) is 17.8 Å². The van der Waals surface area contributed by atoms with E-state index in [1.54, 1.807) is 6.92 Å². The Balaban J connectivity index is 5.35. The quantitative estimate of drug-likeness (QED) is 0.365. The van der Waals surface area contributed by atoms with Crippen LogP contribution in [0.25, 0.3) is 0 Å². The Kier molecular flexibility index (Phi) is 9.98. The number of hydrogen-bond donors (Lipinski definition) is 1. The lowest BCUT2D eigenvalue weighted by molar-refractivity contribution is -0.132. The van der Waals surface area contributed by atoms with Gasteiger partial charge in [-0.15, -0.1) is 0 Å². The Hall–Kier alpha value is -0.573. The molecule has 0 aliphatic rings. The summed E-state index contributed by atoms with van der Waals surface area (Å²) in [7, 11) is -1.65. The Labute approximate surface area is 139 Å². The van der Waals surface area contributed by atoms with Crippen molar-refractivity contribution in [2.75, 3.05) is 0 Å². The van der Waals surface area contributed by atoms with Crippen molar-refractivity contribution in [1.29, 1.82) is 0 Å². The van der Waals surface area contributed by atoms with Crippen LogP contribution in [0, 0.1) is 17.8 Å². The van der Waals surface area contributed by atoms with Crippen LogP contribution in [-0.4, -0.2) is 19.1 Å². The van der Waals surface area contributed by atoms with Crippen molar-refractivity contribution >= 4 is 14.0 Å². The van der Waals surface area contributed by atoms with Crippen molar-refractivity contribution in [3.8, 4) is 0 Å². The molecule has 0 aliphatic heterocycles. The van der Waals surface area contributed by atoms with E-state index in [1.807, 2.05) is 0 Å². The normalized spacial score (nSPS) is 13.5. The van der Waals surface area contributed by atoms with E-state index in [0.717, 1.165) is 0 Å². The Morgan fingerprint density at radius 2 is 1.18 bits per heavy atom. The van der Waals surface area contributed by atoms with Crippen LogP contribution in [0.5, 0.6) is 0 Å². The van der Waals surface area contributed by atoms with Gasteiger partial charge in [-0.2, -0.15) is 0 Å². The van der Waals surface area contributed by atoms with E-state index < -0.39 is 14.0 Å². The van der Waals surface area contributed by atoms with E-state index >= 15 is 0 Å². The van der Waals surface area contributed by atoms with Crippen LogP contribution >= 0.6 is 0 Å². The highest BCUT2D eigenvalue weighted by atomic mass is 28.3. The lowest BCUT2D eigenvalue weighted by Crippen LogP contribution is -2.34. The van der Waals surface area contributed by atoms with Crippen molar-refractivity contribution in [1.82, 2.24) is 0 Å². The second-order valence-corrected chi connectivity index (χ2v) is 12.8. The number of carboxylic acid groups (broad SMARTS) is 1. The fourth-order valence-electron chi connectivity index (χ4n) is 2.84. The molecule has 22 heavy (non-hydrogen) atoms.